The van der Waals surface area contributed by atoms with Crippen molar-refractivity contribution in [2.45, 2.75) is 0 Å². The second-order valence-electron chi connectivity index (χ2n) is 1.00. The monoisotopic (exact) mass is 328 g/mol. The SMILES string of the molecule is O=P(O)(O)O.O=P([O-])(O)O.[Cs+]. The first-order valence-electron chi connectivity index (χ1n) is 1.55. The Balaban J connectivity index is -0.000000107. The molecule has 0 radical (unpaired) electrons. The third-order valence-corrected chi connectivity index (χ3v) is 0. The van der Waals surface area contributed by atoms with Crippen molar-refractivity contribution in [1.82, 2.24) is 0 Å². The van der Waals surface area contributed by atoms with Gasteiger partial charge in [-0.25, -0.2) is 4.57 Å². The molecule has 11 heavy (non-hydrogen) atoms. The molecule has 0 heterocycles. The largest absolute Gasteiger partial charge is 1.00 e. The summed E-state index contributed by atoms with van der Waals surface area (Å²) >= 11 is 0. The summed E-state index contributed by atoms with van der Waals surface area (Å²) in [5.74, 6) is 0. The van der Waals surface area contributed by atoms with Crippen LogP contribution < -0.4 is 73.8 Å². The summed E-state index contributed by atoms with van der Waals surface area (Å²) in [6.45, 7) is 0. The molecule has 0 aromatic carbocycles. The van der Waals surface area contributed by atoms with Gasteiger partial charge in [0.05, 0.1) is 0 Å². The fraction of sp³-hybridized carbons (Fsp3) is 0. The Morgan fingerprint density at radius 3 is 0.909 bits per heavy atom. The Bertz CT molecular complexity index is 124. The smallest absolute Gasteiger partial charge is 0.756 e. The van der Waals surface area contributed by atoms with Crippen LogP contribution >= 0.6 is 15.6 Å². The van der Waals surface area contributed by atoms with Crippen LogP contribution in [0.5, 0.6) is 0 Å². The zero-order valence-electron chi connectivity index (χ0n) is 5.36. The molecule has 0 unspecified atom stereocenters. The van der Waals surface area contributed by atoms with Crippen LogP contribution in [0.2, 0.25) is 0 Å². The molecule has 8 nitrogen and oxygen atoms in total. The second-order valence-corrected chi connectivity index (χ2v) is 3.01. The fourth-order valence-electron chi connectivity index (χ4n) is 0. The summed E-state index contributed by atoms with van der Waals surface area (Å²) in [6, 6.07) is 0. The zero-order valence-corrected chi connectivity index (χ0v) is 13.4. The summed E-state index contributed by atoms with van der Waals surface area (Å²) in [4.78, 5) is 44.5. The van der Waals surface area contributed by atoms with E-state index in [1.165, 1.54) is 0 Å². The summed E-state index contributed by atoms with van der Waals surface area (Å²) in [6.07, 6.45) is 0. The van der Waals surface area contributed by atoms with E-state index in [4.69, 9.17) is 38.5 Å². The van der Waals surface area contributed by atoms with E-state index in [0.29, 0.717) is 0 Å². The normalized spacial score (nSPS) is 10.7. The number of rotatable bonds is 0. The summed E-state index contributed by atoms with van der Waals surface area (Å²) in [5.41, 5.74) is 0. The van der Waals surface area contributed by atoms with Gasteiger partial charge in [0.25, 0.3) is 7.82 Å². The molecule has 11 heteroatoms. The van der Waals surface area contributed by atoms with Gasteiger partial charge in [-0.15, -0.1) is 0 Å². The van der Waals surface area contributed by atoms with E-state index in [0.717, 1.165) is 0 Å². The van der Waals surface area contributed by atoms with Crippen molar-refractivity contribution in [3.8, 4) is 0 Å². The van der Waals surface area contributed by atoms with Crippen LogP contribution in [0.1, 0.15) is 0 Å². The van der Waals surface area contributed by atoms with Crippen molar-refractivity contribution in [3.63, 3.8) is 0 Å². The van der Waals surface area contributed by atoms with E-state index in [9.17, 15) is 0 Å². The van der Waals surface area contributed by atoms with Crippen molar-refractivity contribution in [2.75, 3.05) is 0 Å². The van der Waals surface area contributed by atoms with Crippen molar-refractivity contribution in [1.29, 1.82) is 0 Å². The topological polar surface area (TPSA) is 158 Å². The van der Waals surface area contributed by atoms with Gasteiger partial charge in [0.2, 0.25) is 0 Å². The van der Waals surface area contributed by atoms with Gasteiger partial charge in [-0.05, 0) is 0 Å². The third-order valence-electron chi connectivity index (χ3n) is 0. The standard InChI is InChI=1S/Cs.2H3O4P/c;2*1-5(2,3)4/h;2*(H3,1,2,3,4)/q+1;;/p-1. The molecule has 0 aliphatic carbocycles. The molecule has 0 aromatic rings. The molecule has 0 rings (SSSR count). The predicted molar refractivity (Wildman–Crippen MR) is 26.3 cm³/mol. The summed E-state index contributed by atoms with van der Waals surface area (Å²) in [5, 5.41) is 0. The van der Waals surface area contributed by atoms with E-state index < -0.39 is 15.6 Å². The maximum Gasteiger partial charge on any atom is 1.00 e. The Morgan fingerprint density at radius 1 is 0.909 bits per heavy atom. The first-order valence-corrected chi connectivity index (χ1v) is 4.64. The molecule has 0 spiro atoms. The van der Waals surface area contributed by atoms with Crippen molar-refractivity contribution in [2.24, 2.45) is 0 Å². The molecule has 0 amide bonds. The van der Waals surface area contributed by atoms with E-state index in [1.807, 2.05) is 0 Å². The van der Waals surface area contributed by atoms with Crippen LogP contribution in [0.15, 0.2) is 0 Å². The Kier molecular flexibility index (Phi) is 13.2. The van der Waals surface area contributed by atoms with Crippen LogP contribution in [-0.4, -0.2) is 24.5 Å². The minimum absolute atomic E-state index is 0. The Hall–Kier alpha value is 2.27. The molecular weight excluding hydrogens is 323 g/mol. The van der Waals surface area contributed by atoms with E-state index >= 15 is 0 Å². The van der Waals surface area contributed by atoms with Crippen LogP contribution in [-0.2, 0) is 9.13 Å². The fourth-order valence-corrected chi connectivity index (χ4v) is 0. The molecule has 64 valence electrons. The quantitative estimate of drug-likeness (QED) is 0.276. The summed E-state index contributed by atoms with van der Waals surface area (Å²) < 4.78 is 17.7. The van der Waals surface area contributed by atoms with Gasteiger partial charge in [0.15, 0.2) is 0 Å². The van der Waals surface area contributed by atoms with Crippen molar-refractivity contribution >= 4 is 15.6 Å². The van der Waals surface area contributed by atoms with Crippen LogP contribution in [0.4, 0.5) is 0 Å². The van der Waals surface area contributed by atoms with Crippen LogP contribution in [0.25, 0.3) is 0 Å². The molecule has 0 atom stereocenters. The number of hydrogen-bond acceptors (Lipinski definition) is 3. The van der Waals surface area contributed by atoms with Gasteiger partial charge in [-0.1, -0.05) is 0 Å². The summed E-state index contributed by atoms with van der Waals surface area (Å²) in [7, 11) is -9.53. The first kappa shape index (κ1) is 18.9. The van der Waals surface area contributed by atoms with Crippen molar-refractivity contribution < 1.29 is 107 Å². The van der Waals surface area contributed by atoms with Gasteiger partial charge >= 0.3 is 76.7 Å². The Morgan fingerprint density at radius 2 is 0.909 bits per heavy atom. The molecular formula is H5CsO8P2. The molecule has 0 saturated heterocycles. The maximum absolute atomic E-state index is 8.88. The third kappa shape index (κ3) is 251. The van der Waals surface area contributed by atoms with Gasteiger partial charge < -0.3 is 29.4 Å². The van der Waals surface area contributed by atoms with Crippen LogP contribution in [0, 0.1) is 0 Å². The van der Waals surface area contributed by atoms with Crippen LogP contribution in [0.3, 0.4) is 0 Å². The van der Waals surface area contributed by atoms with Gasteiger partial charge in [0.1, 0.15) is 0 Å². The minimum Gasteiger partial charge on any atom is -0.756 e. The van der Waals surface area contributed by atoms with E-state index in [2.05, 4.69) is 0 Å². The minimum atomic E-state index is -4.89. The average molecular weight is 328 g/mol. The van der Waals surface area contributed by atoms with E-state index in [-0.39, 0.29) is 68.9 Å². The molecule has 0 bridgehead atoms. The maximum atomic E-state index is 8.88. The van der Waals surface area contributed by atoms with E-state index in [1.54, 1.807) is 0 Å². The average Bonchev–Trinajstić information content (AvgIpc) is 1.12. The van der Waals surface area contributed by atoms with Gasteiger partial charge in [0, 0.05) is 0 Å². The molecule has 5 N–H and O–H groups in total. The van der Waals surface area contributed by atoms with Gasteiger partial charge in [-0.2, -0.15) is 0 Å². The Labute approximate surface area is 121 Å². The zero-order chi connectivity index (χ0) is 9.00. The molecule has 0 saturated carbocycles. The first-order chi connectivity index (χ1) is 4.00. The predicted octanol–water partition coefficient (Wildman–Crippen LogP) is -5.49. The molecule has 0 fully saturated rings. The molecule has 0 aliphatic rings. The van der Waals surface area contributed by atoms with Gasteiger partial charge in [-0.3, -0.25) is 4.57 Å². The second kappa shape index (κ2) is 7.65. The number of phosphoric acid groups is 2. The molecule has 0 aliphatic heterocycles. The van der Waals surface area contributed by atoms with Crippen molar-refractivity contribution in [3.05, 3.63) is 0 Å². The molecule has 0 aromatic heterocycles. The number of hydrogen-bond donors (Lipinski definition) is 5.